The number of hydrogen-bond acceptors (Lipinski definition) is 4. The van der Waals surface area contributed by atoms with E-state index in [0.29, 0.717) is 23.6 Å². The molecule has 0 aromatic rings. The van der Waals surface area contributed by atoms with Crippen LogP contribution in [0.5, 0.6) is 0 Å². The van der Waals surface area contributed by atoms with Gasteiger partial charge in [-0.25, -0.2) is 8.42 Å². The van der Waals surface area contributed by atoms with Gasteiger partial charge >= 0.3 is 0 Å². The van der Waals surface area contributed by atoms with Crippen LogP contribution in [0.4, 0.5) is 0 Å². The first-order valence-corrected chi connectivity index (χ1v) is 7.97. The molecule has 2 saturated heterocycles. The minimum Gasteiger partial charge on any atom is -0.317 e. The van der Waals surface area contributed by atoms with Gasteiger partial charge in [-0.05, 0) is 33.2 Å². The molecule has 2 aliphatic heterocycles. The molecular weight excluding hydrogens is 224 g/mol. The maximum Gasteiger partial charge on any atom is 0.151 e. The quantitative estimate of drug-likeness (QED) is 0.758. The van der Waals surface area contributed by atoms with Crippen LogP contribution in [0.2, 0.25) is 0 Å². The van der Waals surface area contributed by atoms with Crippen molar-refractivity contribution < 1.29 is 8.42 Å². The molecule has 0 saturated carbocycles. The summed E-state index contributed by atoms with van der Waals surface area (Å²) in [6, 6.07) is 1.38. The Morgan fingerprint density at radius 2 is 2.06 bits per heavy atom. The van der Waals surface area contributed by atoms with Crippen LogP contribution >= 0.6 is 0 Å². The van der Waals surface area contributed by atoms with Crippen LogP contribution in [0.25, 0.3) is 0 Å². The molecule has 0 spiro atoms. The predicted octanol–water partition coefficient (Wildman–Crippen LogP) is 0.246. The van der Waals surface area contributed by atoms with Gasteiger partial charge in [-0.15, -0.1) is 0 Å². The summed E-state index contributed by atoms with van der Waals surface area (Å²) >= 11 is 0. The minimum absolute atomic E-state index is 0.276. The van der Waals surface area contributed by atoms with Gasteiger partial charge in [-0.2, -0.15) is 0 Å². The van der Waals surface area contributed by atoms with Crippen molar-refractivity contribution in [3.05, 3.63) is 0 Å². The van der Waals surface area contributed by atoms with Crippen LogP contribution in [-0.4, -0.2) is 56.5 Å². The van der Waals surface area contributed by atoms with Crippen molar-refractivity contribution in [2.45, 2.75) is 44.3 Å². The lowest BCUT2D eigenvalue weighted by Crippen LogP contribution is -2.51. The van der Waals surface area contributed by atoms with Crippen molar-refractivity contribution in [3.63, 3.8) is 0 Å². The molecule has 0 amide bonds. The zero-order valence-electron chi connectivity index (χ0n) is 10.1. The van der Waals surface area contributed by atoms with E-state index >= 15 is 0 Å². The predicted molar refractivity (Wildman–Crippen MR) is 65.3 cm³/mol. The average molecular weight is 246 g/mol. The number of hydrogen-bond donors (Lipinski definition) is 1. The Balaban J connectivity index is 1.96. The molecule has 0 aromatic carbocycles. The molecule has 5 heteroatoms. The van der Waals surface area contributed by atoms with E-state index in [2.05, 4.69) is 17.1 Å². The second-order valence-electron chi connectivity index (χ2n) is 5.15. The summed E-state index contributed by atoms with van der Waals surface area (Å²) in [4.78, 5) is 2.40. The topological polar surface area (TPSA) is 49.4 Å². The molecule has 0 radical (unpaired) electrons. The largest absolute Gasteiger partial charge is 0.317 e. The van der Waals surface area contributed by atoms with Gasteiger partial charge in [0.25, 0.3) is 0 Å². The third-order valence-electron chi connectivity index (χ3n) is 4.01. The second kappa shape index (κ2) is 4.63. The lowest BCUT2D eigenvalue weighted by atomic mass is 9.96. The van der Waals surface area contributed by atoms with Crippen molar-refractivity contribution in [3.8, 4) is 0 Å². The van der Waals surface area contributed by atoms with E-state index in [-0.39, 0.29) is 6.04 Å². The summed E-state index contributed by atoms with van der Waals surface area (Å²) in [5.74, 6) is 0.762. The Morgan fingerprint density at radius 3 is 2.56 bits per heavy atom. The van der Waals surface area contributed by atoms with E-state index in [4.69, 9.17) is 0 Å². The van der Waals surface area contributed by atoms with Gasteiger partial charge in [0.1, 0.15) is 0 Å². The normalized spacial score (nSPS) is 40.0. The molecule has 94 valence electrons. The number of sulfone groups is 1. The van der Waals surface area contributed by atoms with Gasteiger partial charge in [-0.1, -0.05) is 0 Å². The molecule has 2 aliphatic rings. The lowest BCUT2D eigenvalue weighted by molar-refractivity contribution is 0.100. The Labute approximate surface area is 98.3 Å². The fraction of sp³-hybridized carbons (Fsp3) is 1.00. The third-order valence-corrected chi connectivity index (χ3v) is 5.76. The van der Waals surface area contributed by atoms with Crippen molar-refractivity contribution >= 4 is 9.84 Å². The molecule has 0 aliphatic carbocycles. The maximum atomic E-state index is 11.5. The van der Waals surface area contributed by atoms with Crippen LogP contribution in [0.15, 0.2) is 0 Å². The zero-order chi connectivity index (χ0) is 11.8. The van der Waals surface area contributed by atoms with E-state index < -0.39 is 9.84 Å². The number of likely N-dealkylation sites (tertiary alicyclic amines) is 1. The van der Waals surface area contributed by atoms with Crippen LogP contribution in [0, 0.1) is 0 Å². The molecule has 0 aromatic heterocycles. The highest BCUT2D eigenvalue weighted by Gasteiger charge is 2.36. The monoisotopic (exact) mass is 246 g/mol. The summed E-state index contributed by atoms with van der Waals surface area (Å²) in [7, 11) is -0.738. The van der Waals surface area contributed by atoms with E-state index in [1.54, 1.807) is 0 Å². The Kier molecular flexibility index (Phi) is 3.56. The molecule has 4 nitrogen and oxygen atoms in total. The first kappa shape index (κ1) is 12.3. The first-order chi connectivity index (χ1) is 7.52. The van der Waals surface area contributed by atoms with Gasteiger partial charge in [0.15, 0.2) is 9.84 Å². The highest BCUT2D eigenvalue weighted by atomic mass is 32.2. The van der Waals surface area contributed by atoms with Gasteiger partial charge in [0.05, 0.1) is 11.5 Å². The molecule has 16 heavy (non-hydrogen) atoms. The van der Waals surface area contributed by atoms with Crippen molar-refractivity contribution in [2.24, 2.45) is 0 Å². The van der Waals surface area contributed by atoms with Crippen molar-refractivity contribution in [1.29, 1.82) is 0 Å². The average Bonchev–Trinajstić information content (AvgIpc) is 2.58. The lowest BCUT2D eigenvalue weighted by Gasteiger charge is -2.40. The molecule has 2 rings (SSSR count). The molecular formula is C11H22N2O2S. The summed E-state index contributed by atoms with van der Waals surface area (Å²) in [6.45, 7) is 3.25. The summed E-state index contributed by atoms with van der Waals surface area (Å²) in [6.07, 6.45) is 3.10. The smallest absolute Gasteiger partial charge is 0.151 e. The van der Waals surface area contributed by atoms with Crippen LogP contribution in [0.1, 0.15) is 26.2 Å². The van der Waals surface area contributed by atoms with Gasteiger partial charge in [-0.3, -0.25) is 4.90 Å². The Hall–Kier alpha value is -0.130. The third kappa shape index (κ3) is 2.57. The summed E-state index contributed by atoms with van der Waals surface area (Å²) in [5, 5.41) is 3.32. The number of nitrogens with zero attached hydrogens (tertiary/aromatic N) is 1. The number of nitrogens with one attached hydrogen (secondary N) is 1. The van der Waals surface area contributed by atoms with Crippen molar-refractivity contribution in [2.75, 3.05) is 25.1 Å². The van der Waals surface area contributed by atoms with E-state index in [1.807, 2.05) is 7.05 Å². The van der Waals surface area contributed by atoms with E-state index in [9.17, 15) is 8.42 Å². The van der Waals surface area contributed by atoms with Crippen LogP contribution in [0.3, 0.4) is 0 Å². The molecule has 0 bridgehead atoms. The number of rotatable bonds is 2. The summed E-state index contributed by atoms with van der Waals surface area (Å²) in [5.41, 5.74) is 0. The van der Waals surface area contributed by atoms with Crippen LogP contribution < -0.4 is 5.32 Å². The molecule has 3 atom stereocenters. The van der Waals surface area contributed by atoms with Crippen LogP contribution in [-0.2, 0) is 9.84 Å². The highest BCUT2D eigenvalue weighted by molar-refractivity contribution is 7.91. The van der Waals surface area contributed by atoms with Gasteiger partial charge < -0.3 is 5.32 Å². The summed E-state index contributed by atoms with van der Waals surface area (Å²) < 4.78 is 22.9. The first-order valence-electron chi connectivity index (χ1n) is 6.15. The molecule has 3 unspecified atom stereocenters. The standard InChI is InChI=1S/C11H22N2O2S/c1-9-7-10(12-2)3-5-13(9)11-4-6-16(14,15)8-11/h9-12H,3-8H2,1-2H3. The van der Waals surface area contributed by atoms with E-state index in [0.717, 1.165) is 25.8 Å². The second-order valence-corrected chi connectivity index (χ2v) is 7.38. The van der Waals surface area contributed by atoms with Crippen molar-refractivity contribution in [1.82, 2.24) is 10.2 Å². The fourth-order valence-corrected chi connectivity index (χ4v) is 4.77. The van der Waals surface area contributed by atoms with Gasteiger partial charge in [0.2, 0.25) is 0 Å². The Bertz CT molecular complexity index is 342. The molecule has 1 N–H and O–H groups in total. The molecule has 2 heterocycles. The molecule has 2 fully saturated rings. The fourth-order valence-electron chi connectivity index (χ4n) is 3.03. The van der Waals surface area contributed by atoms with Gasteiger partial charge in [0, 0.05) is 24.7 Å². The van der Waals surface area contributed by atoms with E-state index in [1.165, 1.54) is 0 Å². The SMILES string of the molecule is CNC1CCN(C2CCS(=O)(=O)C2)C(C)C1. The maximum absolute atomic E-state index is 11.5. The number of piperidine rings is 1. The Morgan fingerprint density at radius 1 is 1.31 bits per heavy atom. The minimum atomic E-state index is -2.74. The zero-order valence-corrected chi connectivity index (χ0v) is 11.0. The highest BCUT2D eigenvalue weighted by Crippen LogP contribution is 2.25.